The molecule has 0 N–H and O–H groups in total. The van der Waals surface area contributed by atoms with Crippen LogP contribution in [0, 0.1) is 0 Å². The maximum Gasteiger partial charge on any atom is 0.0900 e. The van der Waals surface area contributed by atoms with Crippen molar-refractivity contribution in [2.24, 2.45) is 0 Å². The molecule has 0 amide bonds. The lowest BCUT2D eigenvalue weighted by Crippen LogP contribution is -2.10. The Labute approximate surface area is 465 Å². The number of hydrogen-bond acceptors (Lipinski definition) is 12. The van der Waals surface area contributed by atoms with E-state index in [1.807, 2.05) is 218 Å². The first-order chi connectivity index (χ1) is 39.9. The molecule has 13 rings (SSSR count). The summed E-state index contributed by atoms with van der Waals surface area (Å²) in [5.41, 5.74) is 15.0. The Kier molecular flexibility index (Phi) is 13.1. The quantitative estimate of drug-likeness (QED) is 0.113. The van der Waals surface area contributed by atoms with E-state index in [0.717, 1.165) is 33.4 Å². The minimum atomic E-state index is -1.13. The van der Waals surface area contributed by atoms with Crippen molar-refractivity contribution in [2.45, 2.75) is 0 Å². The summed E-state index contributed by atoms with van der Waals surface area (Å²) >= 11 is 0. The van der Waals surface area contributed by atoms with Crippen molar-refractivity contribution in [1.82, 2.24) is 44.9 Å². The van der Waals surface area contributed by atoms with E-state index < -0.39 is 17.2 Å². The van der Waals surface area contributed by atoms with Crippen molar-refractivity contribution in [3.8, 4) is 152 Å². The highest BCUT2D eigenvalue weighted by atomic mass is 16.3. The van der Waals surface area contributed by atoms with Gasteiger partial charge in [-0.25, -0.2) is 15.0 Å². The molecule has 4 aromatic carbocycles. The Morgan fingerprint density at radius 3 is 0.605 bits per heavy atom. The van der Waals surface area contributed by atoms with Gasteiger partial charge in [0.2, 0.25) is 0 Å². The molecule has 0 aliphatic carbocycles. The Bertz CT molecular complexity index is 4000. The summed E-state index contributed by atoms with van der Waals surface area (Å²) in [6.45, 7) is 0. The second kappa shape index (κ2) is 21.6. The summed E-state index contributed by atoms with van der Waals surface area (Å²) in [7, 11) is 0. The van der Waals surface area contributed by atoms with Crippen molar-refractivity contribution >= 4 is 0 Å². The molecule has 81 heavy (non-hydrogen) atoms. The zero-order valence-corrected chi connectivity index (χ0v) is 43.0. The zero-order valence-electron chi connectivity index (χ0n) is 43.0. The standard InChI is InChI=1S/C69H45N9O3/c79-67-65(47-27-21-44(22-28-47)50-39-60(54-15-3-9-33-72-54)77-61(40-50)55-16-4-10-34-73-55)64(46-25-19-43(20-26-46)49-37-58(52-13-1-7-31-70-52)76-59(38-49)53-14-2-8-32-71-53)66(68(80)69(67)81)48-29-23-45(24-30-48)51-41-62(56-17-5-11-35-74-56)78-63(42-51)57-18-6-12-36-75-57/h1-42,79-81H/p-3. The molecule has 0 fully saturated rings. The molecule has 0 spiro atoms. The lowest BCUT2D eigenvalue weighted by atomic mass is 9.84. The molecule has 9 aromatic heterocycles. The molecule has 0 aliphatic rings. The Morgan fingerprint density at radius 2 is 0.395 bits per heavy atom. The number of aromatic nitrogens is 9. The van der Waals surface area contributed by atoms with Gasteiger partial charge in [0.25, 0.3) is 0 Å². The largest absolute Gasteiger partial charge is 0.873 e. The average Bonchev–Trinajstić information content (AvgIpc) is 3.60. The van der Waals surface area contributed by atoms with E-state index in [1.54, 1.807) is 37.2 Å². The number of nitrogens with zero attached hydrogens (tertiary/aromatic N) is 9. The fourth-order valence-corrected chi connectivity index (χ4v) is 9.97. The van der Waals surface area contributed by atoms with Crippen LogP contribution in [0.2, 0.25) is 0 Å². The van der Waals surface area contributed by atoms with Crippen LogP contribution in [0.25, 0.3) is 135 Å². The van der Waals surface area contributed by atoms with Gasteiger partial charge in [-0.15, -0.1) is 17.2 Å². The van der Waals surface area contributed by atoms with Crippen molar-refractivity contribution in [2.75, 3.05) is 0 Å². The molecule has 0 saturated carbocycles. The summed E-state index contributed by atoms with van der Waals surface area (Å²) in [4.78, 5) is 42.4. The third kappa shape index (κ3) is 9.99. The third-order valence-corrected chi connectivity index (χ3v) is 13.9. The minimum absolute atomic E-state index is 0.101. The van der Waals surface area contributed by atoms with Gasteiger partial charge in [-0.1, -0.05) is 109 Å². The van der Waals surface area contributed by atoms with Crippen LogP contribution in [0.4, 0.5) is 0 Å². The fraction of sp³-hybridized carbons (Fsp3) is 0. The predicted octanol–water partition coefficient (Wildman–Crippen LogP) is 13.5. The highest BCUT2D eigenvalue weighted by Crippen LogP contribution is 2.53. The van der Waals surface area contributed by atoms with Crippen LogP contribution in [-0.4, -0.2) is 44.9 Å². The molecule has 0 aliphatic heterocycles. The normalized spacial score (nSPS) is 11.1. The molecule has 0 radical (unpaired) electrons. The van der Waals surface area contributed by atoms with E-state index in [2.05, 4.69) is 29.9 Å². The summed E-state index contributed by atoms with van der Waals surface area (Å²) < 4.78 is 0. The smallest absolute Gasteiger partial charge is 0.0900 e. The Morgan fingerprint density at radius 1 is 0.185 bits per heavy atom. The molecule has 12 nitrogen and oxygen atoms in total. The minimum Gasteiger partial charge on any atom is -0.873 e. The van der Waals surface area contributed by atoms with Gasteiger partial charge < -0.3 is 15.3 Å². The van der Waals surface area contributed by atoms with E-state index in [1.165, 1.54) is 0 Å². The SMILES string of the molecule is [O-]c1c([O-])c(-c2ccc(-c3cc(-c4ccccn4)nc(-c4ccccn4)c3)cc2)c(-c2ccc(-c3cc(-c4ccccn4)nc(-c4ccccn4)c3)cc2)c(-c2ccc(-c3cc(-c4ccccn4)nc(-c4ccccn4)c3)cc2)c1[O-]. The van der Waals surface area contributed by atoms with Crippen LogP contribution in [0.3, 0.4) is 0 Å². The number of hydrogen-bond donors (Lipinski definition) is 0. The molecule has 384 valence electrons. The molecule has 0 unspecified atom stereocenters. The molecular weight excluding hydrogens is 1000 g/mol. The number of pyridine rings is 9. The van der Waals surface area contributed by atoms with Crippen LogP contribution >= 0.6 is 0 Å². The number of rotatable bonds is 12. The van der Waals surface area contributed by atoms with Gasteiger partial charge in [0.15, 0.2) is 0 Å². The molecule has 12 heteroatoms. The van der Waals surface area contributed by atoms with E-state index in [9.17, 15) is 15.3 Å². The van der Waals surface area contributed by atoms with E-state index in [-0.39, 0.29) is 11.1 Å². The lowest BCUT2D eigenvalue weighted by Gasteiger charge is -2.35. The maximum atomic E-state index is 14.7. The molecular formula is C69H42N9O3-3. The fourth-order valence-electron chi connectivity index (χ4n) is 9.97. The lowest BCUT2D eigenvalue weighted by molar-refractivity contribution is -0.340. The zero-order chi connectivity index (χ0) is 54.7. The Balaban J connectivity index is 0.960. The van der Waals surface area contributed by atoms with Crippen LogP contribution < -0.4 is 15.3 Å². The first kappa shape index (κ1) is 49.2. The summed E-state index contributed by atoms with van der Waals surface area (Å²) in [5, 5.41) is 43.7. The van der Waals surface area contributed by atoms with Crippen molar-refractivity contribution < 1.29 is 15.3 Å². The molecule has 9 heterocycles. The van der Waals surface area contributed by atoms with Crippen LogP contribution in [0.15, 0.2) is 256 Å². The van der Waals surface area contributed by atoms with E-state index in [4.69, 9.17) is 15.0 Å². The summed E-state index contributed by atoms with van der Waals surface area (Å²) in [6, 6.07) is 68.4. The molecule has 13 aromatic rings. The molecule has 0 bridgehead atoms. The van der Waals surface area contributed by atoms with E-state index >= 15 is 0 Å². The maximum absolute atomic E-state index is 14.7. The second-order valence-electron chi connectivity index (χ2n) is 19.0. The van der Waals surface area contributed by atoms with Crippen molar-refractivity contribution in [1.29, 1.82) is 0 Å². The summed E-state index contributed by atoms with van der Waals surface area (Å²) in [6.07, 6.45) is 10.4. The van der Waals surface area contributed by atoms with Crippen LogP contribution in [0.5, 0.6) is 17.2 Å². The molecule has 0 atom stereocenters. The van der Waals surface area contributed by atoms with Gasteiger partial charge in [0.1, 0.15) is 0 Å². The molecule has 0 saturated heterocycles. The van der Waals surface area contributed by atoms with Gasteiger partial charge in [0, 0.05) is 37.2 Å². The van der Waals surface area contributed by atoms with Crippen LogP contribution in [0.1, 0.15) is 0 Å². The highest BCUT2D eigenvalue weighted by molar-refractivity contribution is 6.02. The van der Waals surface area contributed by atoms with Gasteiger partial charge in [-0.05, 0) is 176 Å². The first-order valence-electron chi connectivity index (χ1n) is 26.0. The monoisotopic (exact) mass is 1040 g/mol. The summed E-state index contributed by atoms with van der Waals surface area (Å²) in [5.74, 6) is -2.93. The number of benzene rings is 4. The van der Waals surface area contributed by atoms with Crippen molar-refractivity contribution in [3.05, 3.63) is 256 Å². The Hall–Kier alpha value is -11.4. The van der Waals surface area contributed by atoms with Gasteiger partial charge >= 0.3 is 0 Å². The topological polar surface area (TPSA) is 185 Å². The third-order valence-electron chi connectivity index (χ3n) is 13.9. The van der Waals surface area contributed by atoms with E-state index in [0.29, 0.717) is 90.6 Å². The van der Waals surface area contributed by atoms with Crippen molar-refractivity contribution in [3.63, 3.8) is 0 Å². The van der Waals surface area contributed by atoms with Crippen LogP contribution in [-0.2, 0) is 0 Å². The van der Waals surface area contributed by atoms with Gasteiger partial charge in [0.05, 0.1) is 68.3 Å². The van der Waals surface area contributed by atoms with Gasteiger partial charge in [-0.3, -0.25) is 29.9 Å². The predicted molar refractivity (Wildman–Crippen MR) is 310 cm³/mol. The first-order valence-corrected chi connectivity index (χ1v) is 26.0. The van der Waals surface area contributed by atoms with Gasteiger partial charge in [-0.2, -0.15) is 0 Å². The average molecular weight is 1050 g/mol. The highest BCUT2D eigenvalue weighted by Gasteiger charge is 2.20. The second-order valence-corrected chi connectivity index (χ2v) is 19.0.